The van der Waals surface area contributed by atoms with Crippen molar-refractivity contribution in [3.8, 4) is 11.3 Å². The second kappa shape index (κ2) is 5.62. The molecule has 7 nitrogen and oxygen atoms in total. The van der Waals surface area contributed by atoms with Crippen LogP contribution in [0.15, 0.2) is 57.7 Å². The molecule has 4 aromatic rings. The minimum Gasteiger partial charge on any atom is -0.360 e. The first-order valence-corrected chi connectivity index (χ1v) is 7.27. The van der Waals surface area contributed by atoms with Crippen molar-refractivity contribution in [3.63, 3.8) is 0 Å². The van der Waals surface area contributed by atoms with Crippen molar-refractivity contribution in [2.75, 3.05) is 5.32 Å². The fourth-order valence-electron chi connectivity index (χ4n) is 2.47. The van der Waals surface area contributed by atoms with Crippen LogP contribution < -0.4 is 5.32 Å². The average Bonchev–Trinajstić information content (AvgIpc) is 3.20. The summed E-state index contributed by atoms with van der Waals surface area (Å²) >= 11 is 0. The molecule has 1 N–H and O–H groups in total. The van der Waals surface area contributed by atoms with Crippen molar-refractivity contribution in [1.29, 1.82) is 0 Å². The van der Waals surface area contributed by atoms with Gasteiger partial charge in [0.15, 0.2) is 5.82 Å². The zero-order chi connectivity index (χ0) is 16.5. The Morgan fingerprint density at radius 2 is 1.88 bits per heavy atom. The molecule has 3 aromatic heterocycles. The Bertz CT molecular complexity index is 1020. The summed E-state index contributed by atoms with van der Waals surface area (Å²) in [5.41, 5.74) is 2.00. The van der Waals surface area contributed by atoms with Gasteiger partial charge in [-0.15, -0.1) is 0 Å². The molecule has 7 heteroatoms. The highest BCUT2D eigenvalue weighted by atomic mass is 16.5. The quantitative estimate of drug-likeness (QED) is 0.621. The Morgan fingerprint density at radius 1 is 1.04 bits per heavy atom. The number of aromatic nitrogens is 3. The first-order valence-electron chi connectivity index (χ1n) is 7.27. The van der Waals surface area contributed by atoms with Crippen LogP contribution in [0.5, 0.6) is 0 Å². The summed E-state index contributed by atoms with van der Waals surface area (Å²) in [5.74, 6) is 0.367. The highest BCUT2D eigenvalue weighted by Gasteiger charge is 2.23. The van der Waals surface area contributed by atoms with E-state index in [0.29, 0.717) is 33.9 Å². The molecule has 0 fully saturated rings. The second-order valence-corrected chi connectivity index (χ2v) is 5.17. The molecule has 0 saturated carbocycles. The number of fused-ring (bicyclic) bond motifs is 1. The summed E-state index contributed by atoms with van der Waals surface area (Å²) in [5, 5.41) is 11.2. The Kier molecular flexibility index (Phi) is 3.31. The maximum Gasteiger partial charge on any atom is 0.262 e. The van der Waals surface area contributed by atoms with E-state index < -0.39 is 0 Å². The molecule has 118 valence electrons. The number of amides is 1. The lowest BCUT2D eigenvalue weighted by Crippen LogP contribution is -2.14. The lowest BCUT2D eigenvalue weighted by atomic mass is 10.1. The molecule has 24 heavy (non-hydrogen) atoms. The van der Waals surface area contributed by atoms with Crippen LogP contribution in [-0.4, -0.2) is 21.2 Å². The molecular formula is C17H12N4O3. The molecule has 0 bridgehead atoms. The van der Waals surface area contributed by atoms with Gasteiger partial charge < -0.3 is 14.4 Å². The summed E-state index contributed by atoms with van der Waals surface area (Å²) in [6.45, 7) is 1.69. The molecule has 4 rings (SSSR count). The Balaban J connectivity index is 1.72. The molecule has 0 aliphatic heterocycles. The summed E-state index contributed by atoms with van der Waals surface area (Å²) in [6.07, 6.45) is 1.59. The van der Waals surface area contributed by atoms with E-state index in [-0.39, 0.29) is 5.91 Å². The third-order valence-electron chi connectivity index (χ3n) is 3.62. The third kappa shape index (κ3) is 2.32. The second-order valence-electron chi connectivity index (χ2n) is 5.17. The predicted octanol–water partition coefficient (Wildman–Crippen LogP) is 3.44. The van der Waals surface area contributed by atoms with Crippen LogP contribution in [0.1, 0.15) is 16.1 Å². The highest BCUT2D eigenvalue weighted by Crippen LogP contribution is 2.27. The van der Waals surface area contributed by atoms with Gasteiger partial charge >= 0.3 is 0 Å². The molecular weight excluding hydrogens is 308 g/mol. The van der Waals surface area contributed by atoms with Crippen LogP contribution in [0.3, 0.4) is 0 Å². The first kappa shape index (κ1) is 14.1. The number of nitrogens with zero attached hydrogens (tertiary/aromatic N) is 3. The van der Waals surface area contributed by atoms with Crippen LogP contribution >= 0.6 is 0 Å². The first-order chi connectivity index (χ1) is 11.7. The monoisotopic (exact) mass is 320 g/mol. The summed E-state index contributed by atoms with van der Waals surface area (Å²) in [7, 11) is 0. The number of pyridine rings is 1. The van der Waals surface area contributed by atoms with Crippen molar-refractivity contribution in [3.05, 3.63) is 60.0 Å². The van der Waals surface area contributed by atoms with Gasteiger partial charge in [-0.1, -0.05) is 40.6 Å². The van der Waals surface area contributed by atoms with Gasteiger partial charge in [-0.2, -0.15) is 0 Å². The number of aryl methyl sites for hydroxylation is 1. The number of benzene rings is 1. The van der Waals surface area contributed by atoms with Gasteiger partial charge in [0.2, 0.25) is 0 Å². The van der Waals surface area contributed by atoms with E-state index in [1.807, 2.05) is 30.3 Å². The topological polar surface area (TPSA) is 94.1 Å². The van der Waals surface area contributed by atoms with Crippen molar-refractivity contribution >= 4 is 22.8 Å². The van der Waals surface area contributed by atoms with Crippen molar-refractivity contribution < 1.29 is 13.8 Å². The normalized spacial score (nSPS) is 10.9. The van der Waals surface area contributed by atoms with Gasteiger partial charge in [-0.25, -0.2) is 4.98 Å². The van der Waals surface area contributed by atoms with E-state index in [4.69, 9.17) is 9.05 Å². The number of anilines is 1. The largest absolute Gasteiger partial charge is 0.360 e. The Labute approximate surface area is 136 Å². The van der Waals surface area contributed by atoms with Crippen molar-refractivity contribution in [2.45, 2.75) is 6.92 Å². The van der Waals surface area contributed by atoms with E-state index in [0.717, 1.165) is 5.56 Å². The van der Waals surface area contributed by atoms with E-state index in [9.17, 15) is 4.79 Å². The number of hydrogen-bond acceptors (Lipinski definition) is 6. The summed E-state index contributed by atoms with van der Waals surface area (Å²) in [6, 6.07) is 12.9. The zero-order valence-electron chi connectivity index (χ0n) is 12.7. The number of nitrogens with one attached hydrogen (secondary N) is 1. The smallest absolute Gasteiger partial charge is 0.262 e. The lowest BCUT2D eigenvalue weighted by molar-refractivity contribution is 0.102. The van der Waals surface area contributed by atoms with E-state index in [1.165, 1.54) is 0 Å². The Hall–Kier alpha value is -3.48. The highest BCUT2D eigenvalue weighted by molar-refractivity contribution is 6.10. The van der Waals surface area contributed by atoms with Gasteiger partial charge in [0, 0.05) is 11.8 Å². The molecule has 0 radical (unpaired) electrons. The minimum atomic E-state index is -0.369. The molecule has 3 heterocycles. The molecule has 0 spiro atoms. The molecule has 0 aliphatic rings. The summed E-state index contributed by atoms with van der Waals surface area (Å²) in [4.78, 5) is 16.8. The van der Waals surface area contributed by atoms with Gasteiger partial charge in [0.05, 0.1) is 5.39 Å². The molecule has 1 amide bonds. The number of carbonyl (C=O) groups excluding carboxylic acids is 1. The number of rotatable bonds is 3. The van der Waals surface area contributed by atoms with Crippen LogP contribution in [0.25, 0.3) is 22.4 Å². The van der Waals surface area contributed by atoms with Gasteiger partial charge in [-0.05, 0) is 19.1 Å². The van der Waals surface area contributed by atoms with E-state index >= 15 is 0 Å². The number of hydrogen-bond donors (Lipinski definition) is 1. The fourth-order valence-corrected chi connectivity index (χ4v) is 2.47. The molecule has 1 aromatic carbocycles. The van der Waals surface area contributed by atoms with Gasteiger partial charge in [-0.3, -0.25) is 4.79 Å². The minimum absolute atomic E-state index is 0.308. The SMILES string of the molecule is Cc1onc(-c2ccccc2)c1C(=O)Nc1noc2ncccc12. The van der Waals surface area contributed by atoms with Crippen molar-refractivity contribution in [1.82, 2.24) is 15.3 Å². The lowest BCUT2D eigenvalue weighted by Gasteiger charge is -2.03. The average molecular weight is 320 g/mol. The third-order valence-corrected chi connectivity index (χ3v) is 3.62. The predicted molar refractivity (Wildman–Crippen MR) is 86.4 cm³/mol. The fraction of sp³-hybridized carbons (Fsp3) is 0.0588. The van der Waals surface area contributed by atoms with Crippen molar-refractivity contribution in [2.24, 2.45) is 0 Å². The maximum atomic E-state index is 12.7. The van der Waals surface area contributed by atoms with Crippen LogP contribution in [0.2, 0.25) is 0 Å². The molecule has 0 atom stereocenters. The van der Waals surface area contributed by atoms with E-state index in [2.05, 4.69) is 20.6 Å². The molecule has 0 unspecified atom stereocenters. The standard InChI is InChI=1S/C17H12N4O3/c1-10-13(14(20-23-10)11-6-3-2-4-7-11)16(22)19-15-12-8-5-9-18-17(12)24-21-15/h2-9H,1H3,(H,19,21,22). The molecule has 0 aliphatic carbocycles. The molecule has 0 saturated heterocycles. The van der Waals surface area contributed by atoms with Gasteiger partial charge in [0.1, 0.15) is 17.0 Å². The zero-order valence-corrected chi connectivity index (χ0v) is 12.7. The summed E-state index contributed by atoms with van der Waals surface area (Å²) < 4.78 is 10.3. The maximum absolute atomic E-state index is 12.7. The number of carbonyl (C=O) groups is 1. The van der Waals surface area contributed by atoms with Crippen LogP contribution in [-0.2, 0) is 0 Å². The van der Waals surface area contributed by atoms with E-state index in [1.54, 1.807) is 25.3 Å². The van der Waals surface area contributed by atoms with Gasteiger partial charge in [0.25, 0.3) is 11.6 Å². The van der Waals surface area contributed by atoms with Crippen LogP contribution in [0, 0.1) is 6.92 Å². The Morgan fingerprint density at radius 3 is 2.71 bits per heavy atom. The van der Waals surface area contributed by atoms with Crippen LogP contribution in [0.4, 0.5) is 5.82 Å².